The van der Waals surface area contributed by atoms with Crippen molar-refractivity contribution < 1.29 is 14.0 Å². The Labute approximate surface area is 148 Å². The number of carbonyl (C=O) groups excluding carboxylic acids is 1. The van der Waals surface area contributed by atoms with E-state index in [1.807, 2.05) is 18.2 Å². The summed E-state index contributed by atoms with van der Waals surface area (Å²) >= 11 is 0. The van der Waals surface area contributed by atoms with Crippen molar-refractivity contribution in [2.24, 2.45) is 0 Å². The topological polar surface area (TPSA) is 35.5 Å². The molecular weight excluding hydrogens is 316 g/mol. The van der Waals surface area contributed by atoms with E-state index < -0.39 is 8.32 Å². The molecule has 0 heterocycles. The molecule has 1 aromatic carbocycles. The van der Waals surface area contributed by atoms with Crippen LogP contribution in [-0.2, 0) is 20.4 Å². The number of hydrogen-bond acceptors (Lipinski definition) is 3. The van der Waals surface area contributed by atoms with Gasteiger partial charge in [-0.3, -0.25) is 4.79 Å². The SMILES string of the molecule is C=C(COC(C)=O)C(CCc1ccccc1)O[Si](C)(C)C(C)(C)C. The summed E-state index contributed by atoms with van der Waals surface area (Å²) in [5.74, 6) is -0.287. The first-order valence-corrected chi connectivity index (χ1v) is 11.5. The summed E-state index contributed by atoms with van der Waals surface area (Å²) in [6.45, 7) is 16.9. The van der Waals surface area contributed by atoms with Gasteiger partial charge in [0.15, 0.2) is 8.32 Å². The Morgan fingerprint density at radius 1 is 1.21 bits per heavy atom. The molecule has 1 atom stereocenters. The molecule has 0 saturated heterocycles. The van der Waals surface area contributed by atoms with Gasteiger partial charge < -0.3 is 9.16 Å². The zero-order chi connectivity index (χ0) is 18.4. The second kappa shape index (κ2) is 8.63. The number of carbonyl (C=O) groups is 1. The van der Waals surface area contributed by atoms with Crippen molar-refractivity contribution in [1.82, 2.24) is 0 Å². The van der Waals surface area contributed by atoms with Crippen molar-refractivity contribution in [2.45, 2.75) is 64.8 Å². The predicted molar refractivity (Wildman–Crippen MR) is 103 cm³/mol. The molecule has 4 heteroatoms. The molecule has 0 spiro atoms. The van der Waals surface area contributed by atoms with Crippen molar-refractivity contribution in [1.29, 1.82) is 0 Å². The lowest BCUT2D eigenvalue weighted by Gasteiger charge is -2.40. The summed E-state index contributed by atoms with van der Waals surface area (Å²) in [6.07, 6.45) is 1.67. The first-order valence-electron chi connectivity index (χ1n) is 8.56. The summed E-state index contributed by atoms with van der Waals surface area (Å²) in [6, 6.07) is 10.4. The fourth-order valence-electron chi connectivity index (χ4n) is 2.11. The number of esters is 1. The lowest BCUT2D eigenvalue weighted by Crippen LogP contribution is -2.44. The van der Waals surface area contributed by atoms with E-state index in [9.17, 15) is 4.79 Å². The van der Waals surface area contributed by atoms with Crippen LogP contribution in [0, 0.1) is 0 Å². The van der Waals surface area contributed by atoms with Gasteiger partial charge >= 0.3 is 5.97 Å². The highest BCUT2D eigenvalue weighted by Crippen LogP contribution is 2.38. The van der Waals surface area contributed by atoms with Gasteiger partial charge in [0.2, 0.25) is 0 Å². The number of rotatable bonds is 8. The average Bonchev–Trinajstić information content (AvgIpc) is 2.48. The first kappa shape index (κ1) is 20.7. The third-order valence-electron chi connectivity index (χ3n) is 4.70. The molecule has 0 amide bonds. The fourth-order valence-corrected chi connectivity index (χ4v) is 3.46. The third-order valence-corrected chi connectivity index (χ3v) is 9.18. The Bertz CT molecular complexity index is 544. The molecule has 0 saturated carbocycles. The minimum absolute atomic E-state index is 0.0922. The van der Waals surface area contributed by atoms with Crippen LogP contribution >= 0.6 is 0 Å². The molecule has 0 bridgehead atoms. The van der Waals surface area contributed by atoms with E-state index in [-0.39, 0.29) is 23.7 Å². The number of aryl methyl sites for hydroxylation is 1. The Balaban J connectivity index is 2.82. The number of ether oxygens (including phenoxy) is 1. The molecule has 0 aliphatic carbocycles. The monoisotopic (exact) mass is 348 g/mol. The van der Waals surface area contributed by atoms with Crippen molar-refractivity contribution in [3.63, 3.8) is 0 Å². The van der Waals surface area contributed by atoms with Gasteiger partial charge in [-0.15, -0.1) is 0 Å². The molecule has 24 heavy (non-hydrogen) atoms. The highest BCUT2D eigenvalue weighted by Gasteiger charge is 2.39. The molecule has 0 fully saturated rings. The van der Waals surface area contributed by atoms with E-state index >= 15 is 0 Å². The van der Waals surface area contributed by atoms with Crippen LogP contribution in [0.4, 0.5) is 0 Å². The van der Waals surface area contributed by atoms with Crippen LogP contribution in [0.15, 0.2) is 42.5 Å². The van der Waals surface area contributed by atoms with Crippen LogP contribution in [0.1, 0.15) is 39.7 Å². The van der Waals surface area contributed by atoms with Crippen molar-refractivity contribution >= 4 is 14.3 Å². The maximum Gasteiger partial charge on any atom is 0.302 e. The maximum absolute atomic E-state index is 11.1. The molecular formula is C20H32O3Si. The van der Waals surface area contributed by atoms with Crippen molar-refractivity contribution in [3.05, 3.63) is 48.0 Å². The van der Waals surface area contributed by atoms with Gasteiger partial charge in [0.05, 0.1) is 6.10 Å². The third kappa shape index (κ3) is 6.61. The first-order chi connectivity index (χ1) is 11.0. The molecule has 1 unspecified atom stereocenters. The lowest BCUT2D eigenvalue weighted by molar-refractivity contribution is -0.140. The lowest BCUT2D eigenvalue weighted by atomic mass is 10.0. The van der Waals surface area contributed by atoms with E-state index in [4.69, 9.17) is 9.16 Å². The standard InChI is InChI=1S/C20H32O3Si/c1-16(15-22-17(2)21)19(23-24(6,7)20(3,4)5)14-13-18-11-9-8-10-12-18/h8-12,19H,1,13-15H2,2-7H3. The molecule has 1 aromatic rings. The van der Waals surface area contributed by atoms with Crippen LogP contribution < -0.4 is 0 Å². The van der Waals surface area contributed by atoms with Gasteiger partial charge in [0.1, 0.15) is 6.61 Å². The Hall–Kier alpha value is -1.39. The van der Waals surface area contributed by atoms with E-state index in [2.05, 4.69) is 52.6 Å². The Morgan fingerprint density at radius 3 is 2.29 bits per heavy atom. The van der Waals surface area contributed by atoms with Gasteiger partial charge in [-0.05, 0) is 42.1 Å². The molecule has 0 radical (unpaired) electrons. The van der Waals surface area contributed by atoms with E-state index in [1.54, 1.807) is 0 Å². The van der Waals surface area contributed by atoms with Crippen molar-refractivity contribution in [2.75, 3.05) is 6.61 Å². The highest BCUT2D eigenvalue weighted by molar-refractivity contribution is 6.74. The molecule has 0 aliphatic heterocycles. The van der Waals surface area contributed by atoms with E-state index in [0.29, 0.717) is 0 Å². The molecule has 3 nitrogen and oxygen atoms in total. The van der Waals surface area contributed by atoms with Crippen LogP contribution in [0.5, 0.6) is 0 Å². The zero-order valence-electron chi connectivity index (χ0n) is 16.0. The summed E-state index contributed by atoms with van der Waals surface area (Å²) in [5, 5.41) is 0.125. The average molecular weight is 349 g/mol. The Kier molecular flexibility index (Phi) is 7.43. The van der Waals surface area contributed by atoms with E-state index in [0.717, 1.165) is 18.4 Å². The number of hydrogen-bond donors (Lipinski definition) is 0. The normalized spacial score (nSPS) is 13.4. The van der Waals surface area contributed by atoms with Crippen LogP contribution in [0.2, 0.25) is 18.1 Å². The Morgan fingerprint density at radius 2 is 1.79 bits per heavy atom. The number of benzene rings is 1. The van der Waals surface area contributed by atoms with Gasteiger partial charge in [-0.1, -0.05) is 57.7 Å². The van der Waals surface area contributed by atoms with Gasteiger partial charge in [-0.25, -0.2) is 0 Å². The van der Waals surface area contributed by atoms with E-state index in [1.165, 1.54) is 12.5 Å². The highest BCUT2D eigenvalue weighted by atomic mass is 28.4. The van der Waals surface area contributed by atoms with Crippen LogP contribution in [0.3, 0.4) is 0 Å². The molecule has 0 N–H and O–H groups in total. The molecule has 1 rings (SSSR count). The zero-order valence-corrected chi connectivity index (χ0v) is 17.0. The predicted octanol–water partition coefficient (Wildman–Crippen LogP) is 5.13. The second-order valence-electron chi connectivity index (χ2n) is 7.83. The van der Waals surface area contributed by atoms with Crippen molar-refractivity contribution in [3.8, 4) is 0 Å². The fraction of sp³-hybridized carbons (Fsp3) is 0.550. The minimum Gasteiger partial charge on any atom is -0.461 e. The molecule has 0 aromatic heterocycles. The summed E-state index contributed by atoms with van der Waals surface area (Å²) in [7, 11) is -1.93. The van der Waals surface area contributed by atoms with Gasteiger partial charge in [0, 0.05) is 6.92 Å². The van der Waals surface area contributed by atoms with Crippen LogP contribution in [-0.4, -0.2) is 27.0 Å². The van der Waals surface area contributed by atoms with Gasteiger partial charge in [-0.2, -0.15) is 0 Å². The smallest absolute Gasteiger partial charge is 0.302 e. The summed E-state index contributed by atoms with van der Waals surface area (Å²) < 4.78 is 11.7. The maximum atomic E-state index is 11.1. The summed E-state index contributed by atoms with van der Waals surface area (Å²) in [4.78, 5) is 11.1. The largest absolute Gasteiger partial charge is 0.461 e. The summed E-state index contributed by atoms with van der Waals surface area (Å²) in [5.41, 5.74) is 2.12. The molecule has 134 valence electrons. The second-order valence-corrected chi connectivity index (χ2v) is 12.6. The van der Waals surface area contributed by atoms with Gasteiger partial charge in [0.25, 0.3) is 0 Å². The molecule has 0 aliphatic rings. The minimum atomic E-state index is -1.93. The quantitative estimate of drug-likeness (QED) is 0.371. The van der Waals surface area contributed by atoms with Crippen LogP contribution in [0.25, 0.3) is 0 Å².